The quantitative estimate of drug-likeness (QED) is 0.780. The predicted octanol–water partition coefficient (Wildman–Crippen LogP) is 2.85. The lowest BCUT2D eigenvalue weighted by atomic mass is 10.2. The van der Waals surface area contributed by atoms with Crippen LogP contribution in [-0.4, -0.2) is 37.8 Å². The molecule has 100 valence electrons. The van der Waals surface area contributed by atoms with Gasteiger partial charge in [0.25, 0.3) is 0 Å². The number of carbonyl (C=O) groups is 1. The number of carbonyl (C=O) groups excluding carboxylic acids is 1. The molecule has 1 rings (SSSR count). The lowest BCUT2D eigenvalue weighted by Crippen LogP contribution is -2.31. The third-order valence-corrected chi connectivity index (χ3v) is 2.43. The minimum absolute atomic E-state index is 0.301. The second-order valence-corrected chi connectivity index (χ2v) is 4.20. The maximum atomic E-state index is 11.4. The highest BCUT2D eigenvalue weighted by atomic mass is 16.6. The van der Waals surface area contributed by atoms with Crippen LogP contribution in [-0.2, 0) is 4.74 Å². The van der Waals surface area contributed by atoms with Crippen molar-refractivity contribution >= 4 is 6.09 Å². The Morgan fingerprint density at radius 3 is 2.78 bits per heavy atom. The van der Waals surface area contributed by atoms with Crippen LogP contribution in [0.3, 0.4) is 0 Å². The first-order chi connectivity index (χ1) is 8.63. The number of hydrogen-bond acceptors (Lipinski definition) is 3. The van der Waals surface area contributed by atoms with E-state index in [9.17, 15) is 4.79 Å². The van der Waals surface area contributed by atoms with Gasteiger partial charge in [0, 0.05) is 7.05 Å². The number of nitrogens with zero attached hydrogens (tertiary/aromatic N) is 1. The molecule has 0 aliphatic heterocycles. The molecule has 18 heavy (non-hydrogen) atoms. The Morgan fingerprint density at radius 1 is 1.33 bits per heavy atom. The third-order valence-electron chi connectivity index (χ3n) is 2.43. The Labute approximate surface area is 108 Å². The molecule has 1 amide bonds. The molecule has 4 nitrogen and oxygen atoms in total. The van der Waals surface area contributed by atoms with Crippen molar-refractivity contribution in [3.05, 3.63) is 29.8 Å². The fourth-order valence-electron chi connectivity index (χ4n) is 1.40. The van der Waals surface area contributed by atoms with E-state index in [4.69, 9.17) is 9.47 Å². The van der Waals surface area contributed by atoms with E-state index in [0.29, 0.717) is 19.8 Å². The van der Waals surface area contributed by atoms with E-state index in [-0.39, 0.29) is 6.09 Å². The van der Waals surface area contributed by atoms with Crippen LogP contribution < -0.4 is 4.74 Å². The predicted molar refractivity (Wildman–Crippen MR) is 70.9 cm³/mol. The van der Waals surface area contributed by atoms with E-state index < -0.39 is 0 Å². The van der Waals surface area contributed by atoms with Crippen LogP contribution in [0.5, 0.6) is 5.75 Å². The molecule has 0 aliphatic carbocycles. The monoisotopic (exact) mass is 251 g/mol. The van der Waals surface area contributed by atoms with Gasteiger partial charge in [-0.15, -0.1) is 0 Å². The second-order valence-electron chi connectivity index (χ2n) is 4.20. The molecule has 0 spiro atoms. The van der Waals surface area contributed by atoms with Gasteiger partial charge in [-0.25, -0.2) is 4.79 Å². The van der Waals surface area contributed by atoms with Gasteiger partial charge < -0.3 is 14.4 Å². The summed E-state index contributed by atoms with van der Waals surface area (Å²) in [4.78, 5) is 13.0. The van der Waals surface area contributed by atoms with Crippen molar-refractivity contribution in [3.63, 3.8) is 0 Å². The molecule has 0 saturated carbocycles. The summed E-state index contributed by atoms with van der Waals surface area (Å²) in [7, 11) is 1.71. The first kappa shape index (κ1) is 14.4. The zero-order chi connectivity index (χ0) is 13.4. The van der Waals surface area contributed by atoms with E-state index in [1.165, 1.54) is 4.90 Å². The van der Waals surface area contributed by atoms with E-state index in [1.807, 2.05) is 38.1 Å². The molecule has 1 aromatic carbocycles. The summed E-state index contributed by atoms with van der Waals surface area (Å²) in [6.45, 7) is 5.41. The summed E-state index contributed by atoms with van der Waals surface area (Å²) in [6, 6.07) is 7.84. The molecule has 0 radical (unpaired) electrons. The van der Waals surface area contributed by atoms with E-state index in [1.54, 1.807) is 7.05 Å². The molecule has 0 N–H and O–H groups in total. The Bertz CT molecular complexity index is 379. The SMILES string of the molecule is CCCOC(=O)N(C)CCOc1cccc(C)c1. The lowest BCUT2D eigenvalue weighted by molar-refractivity contribution is 0.105. The fourth-order valence-corrected chi connectivity index (χ4v) is 1.40. The van der Waals surface area contributed by atoms with Crippen LogP contribution in [0.2, 0.25) is 0 Å². The number of rotatable bonds is 6. The van der Waals surface area contributed by atoms with E-state index in [0.717, 1.165) is 17.7 Å². The van der Waals surface area contributed by atoms with Crippen LogP contribution in [0.4, 0.5) is 4.79 Å². The van der Waals surface area contributed by atoms with Gasteiger partial charge in [-0.05, 0) is 31.0 Å². The molecule has 0 fully saturated rings. The normalized spacial score (nSPS) is 9.94. The maximum absolute atomic E-state index is 11.4. The summed E-state index contributed by atoms with van der Waals surface area (Å²) in [5, 5.41) is 0. The van der Waals surface area contributed by atoms with Crippen LogP contribution in [0, 0.1) is 6.92 Å². The zero-order valence-corrected chi connectivity index (χ0v) is 11.3. The minimum Gasteiger partial charge on any atom is -0.492 e. The second kappa shape index (κ2) is 7.58. The molecule has 0 aromatic heterocycles. The van der Waals surface area contributed by atoms with Gasteiger partial charge in [0.05, 0.1) is 13.2 Å². The first-order valence-corrected chi connectivity index (χ1v) is 6.21. The largest absolute Gasteiger partial charge is 0.492 e. The molecule has 0 saturated heterocycles. The summed E-state index contributed by atoms with van der Waals surface area (Å²) >= 11 is 0. The van der Waals surface area contributed by atoms with Gasteiger partial charge in [-0.2, -0.15) is 0 Å². The number of aryl methyl sites for hydroxylation is 1. The fraction of sp³-hybridized carbons (Fsp3) is 0.500. The summed E-state index contributed by atoms with van der Waals surface area (Å²) in [6.07, 6.45) is 0.531. The summed E-state index contributed by atoms with van der Waals surface area (Å²) in [5.41, 5.74) is 1.16. The number of likely N-dealkylation sites (N-methyl/N-ethyl adjacent to an activating group) is 1. The van der Waals surface area contributed by atoms with Gasteiger partial charge in [-0.1, -0.05) is 19.1 Å². The van der Waals surface area contributed by atoms with Crippen molar-refractivity contribution in [2.24, 2.45) is 0 Å². The lowest BCUT2D eigenvalue weighted by Gasteiger charge is -2.17. The molecule has 0 bridgehead atoms. The highest BCUT2D eigenvalue weighted by Gasteiger charge is 2.08. The minimum atomic E-state index is -0.301. The van der Waals surface area contributed by atoms with E-state index in [2.05, 4.69) is 0 Å². The third kappa shape index (κ3) is 5.08. The molecule has 0 aliphatic rings. The maximum Gasteiger partial charge on any atom is 0.409 e. The molecule has 0 unspecified atom stereocenters. The van der Waals surface area contributed by atoms with Crippen LogP contribution in [0.1, 0.15) is 18.9 Å². The Kier molecular flexibility index (Phi) is 6.05. The van der Waals surface area contributed by atoms with Gasteiger partial charge >= 0.3 is 6.09 Å². The van der Waals surface area contributed by atoms with Gasteiger partial charge in [0.2, 0.25) is 0 Å². The van der Waals surface area contributed by atoms with Crippen molar-refractivity contribution in [1.29, 1.82) is 0 Å². The smallest absolute Gasteiger partial charge is 0.409 e. The van der Waals surface area contributed by atoms with Gasteiger partial charge in [0.15, 0.2) is 0 Å². The van der Waals surface area contributed by atoms with Crippen LogP contribution >= 0.6 is 0 Å². The molecular weight excluding hydrogens is 230 g/mol. The van der Waals surface area contributed by atoms with Gasteiger partial charge in [-0.3, -0.25) is 0 Å². The first-order valence-electron chi connectivity index (χ1n) is 6.21. The summed E-state index contributed by atoms with van der Waals surface area (Å²) < 4.78 is 10.6. The zero-order valence-electron chi connectivity index (χ0n) is 11.3. The average molecular weight is 251 g/mol. The van der Waals surface area contributed by atoms with Crippen LogP contribution in [0.25, 0.3) is 0 Å². The van der Waals surface area contributed by atoms with Crippen molar-refractivity contribution in [2.75, 3.05) is 26.8 Å². The Balaban J connectivity index is 2.26. The van der Waals surface area contributed by atoms with E-state index >= 15 is 0 Å². The Hall–Kier alpha value is -1.71. The standard InChI is InChI=1S/C14H21NO3/c1-4-9-18-14(16)15(3)8-10-17-13-7-5-6-12(2)11-13/h5-7,11H,4,8-10H2,1-3H3. The van der Waals surface area contributed by atoms with Crippen molar-refractivity contribution in [3.8, 4) is 5.75 Å². The highest BCUT2D eigenvalue weighted by molar-refractivity contribution is 5.67. The number of hydrogen-bond donors (Lipinski definition) is 0. The topological polar surface area (TPSA) is 38.8 Å². The number of amides is 1. The molecule has 0 atom stereocenters. The molecule has 0 heterocycles. The van der Waals surface area contributed by atoms with Crippen molar-refractivity contribution < 1.29 is 14.3 Å². The van der Waals surface area contributed by atoms with Crippen LogP contribution in [0.15, 0.2) is 24.3 Å². The molecular formula is C14H21NO3. The molecule has 1 aromatic rings. The number of ether oxygens (including phenoxy) is 2. The Morgan fingerprint density at radius 2 is 2.11 bits per heavy atom. The van der Waals surface area contributed by atoms with Crippen molar-refractivity contribution in [2.45, 2.75) is 20.3 Å². The summed E-state index contributed by atoms with van der Waals surface area (Å²) in [5.74, 6) is 0.824. The molecule has 4 heteroatoms. The average Bonchev–Trinajstić information content (AvgIpc) is 2.35. The highest BCUT2D eigenvalue weighted by Crippen LogP contribution is 2.12. The number of benzene rings is 1. The van der Waals surface area contributed by atoms with Gasteiger partial charge in [0.1, 0.15) is 12.4 Å². The van der Waals surface area contributed by atoms with Crippen molar-refractivity contribution in [1.82, 2.24) is 4.90 Å².